The van der Waals surface area contributed by atoms with Gasteiger partial charge in [0.25, 0.3) is 0 Å². The Balaban J connectivity index is 1.83. The van der Waals surface area contributed by atoms with Crippen LogP contribution >= 0.6 is 70.6 Å². The maximum absolute atomic E-state index is 8.94. The van der Waals surface area contributed by atoms with Crippen LogP contribution in [0.4, 0.5) is 0 Å². The van der Waals surface area contributed by atoms with Gasteiger partial charge in [0, 0.05) is 5.08 Å². The number of nitrogens with zero attached hydrogens (tertiary/aromatic N) is 2. The summed E-state index contributed by atoms with van der Waals surface area (Å²) in [5.74, 6) is 0. The molecule has 3 aliphatic heterocycles. The Bertz CT molecular complexity index is 527. The Hall–Kier alpha value is 0.300. The summed E-state index contributed by atoms with van der Waals surface area (Å²) in [6.07, 6.45) is 0. The molecule has 0 spiro atoms. The van der Waals surface area contributed by atoms with Crippen molar-refractivity contribution in [1.29, 1.82) is 10.5 Å². The second-order valence-corrected chi connectivity index (χ2v) is 10.3. The lowest BCUT2D eigenvalue weighted by Gasteiger charge is -2.02. The van der Waals surface area contributed by atoms with Crippen molar-refractivity contribution >= 4 is 70.6 Å². The van der Waals surface area contributed by atoms with Gasteiger partial charge in [-0.15, -0.1) is 23.5 Å². The zero-order valence-electron chi connectivity index (χ0n) is 8.05. The van der Waals surface area contributed by atoms with Gasteiger partial charge >= 0.3 is 0 Å². The van der Waals surface area contributed by atoms with E-state index in [-0.39, 0.29) is 0 Å². The first-order valence-electron chi connectivity index (χ1n) is 4.32. The molecule has 17 heavy (non-hydrogen) atoms. The van der Waals surface area contributed by atoms with Crippen molar-refractivity contribution in [3.05, 3.63) is 26.8 Å². The number of allylic oxidation sites excluding steroid dienone is 2. The molecule has 2 nitrogen and oxygen atoms in total. The van der Waals surface area contributed by atoms with Gasteiger partial charge in [0.15, 0.2) is 0 Å². The van der Waals surface area contributed by atoms with Crippen LogP contribution in [0, 0.1) is 22.7 Å². The summed E-state index contributed by atoms with van der Waals surface area (Å²) >= 11 is 10.2. The lowest BCUT2D eigenvalue weighted by Crippen LogP contribution is -1.69. The summed E-state index contributed by atoms with van der Waals surface area (Å²) in [6.45, 7) is 0. The van der Waals surface area contributed by atoms with Crippen LogP contribution in [0.15, 0.2) is 26.8 Å². The third-order valence-corrected chi connectivity index (χ3v) is 10.5. The van der Waals surface area contributed by atoms with Crippen molar-refractivity contribution in [2.45, 2.75) is 0 Å². The van der Waals surface area contributed by atoms with Crippen LogP contribution in [0.3, 0.4) is 0 Å². The molecular formula is C9H2N2S6. The molecule has 0 N–H and O–H groups in total. The maximum atomic E-state index is 8.94. The highest BCUT2D eigenvalue weighted by atomic mass is 32.3. The molecule has 3 rings (SSSR count). The van der Waals surface area contributed by atoms with Crippen molar-refractivity contribution < 1.29 is 0 Å². The summed E-state index contributed by atoms with van der Waals surface area (Å²) < 4.78 is 5.08. The maximum Gasteiger partial charge on any atom is 0.115 e. The third kappa shape index (κ3) is 2.27. The van der Waals surface area contributed by atoms with Gasteiger partial charge in [-0.05, 0) is 0 Å². The van der Waals surface area contributed by atoms with Crippen LogP contribution in [-0.4, -0.2) is 5.08 Å². The molecule has 3 aliphatic rings. The standard InChI is InChI=1S/C9H2N2S6/c10-1-4-5(2-11)15-8(14-4)9-16-6-7(17-9)13-3-12-6/h3H2. The van der Waals surface area contributed by atoms with E-state index in [0.717, 1.165) is 9.32 Å². The Morgan fingerprint density at radius 2 is 1.18 bits per heavy atom. The molecule has 0 radical (unpaired) electrons. The second kappa shape index (κ2) is 5.12. The molecule has 0 amide bonds. The van der Waals surface area contributed by atoms with Crippen LogP contribution in [0.25, 0.3) is 0 Å². The Kier molecular flexibility index (Phi) is 3.72. The van der Waals surface area contributed by atoms with Crippen molar-refractivity contribution in [3.63, 3.8) is 0 Å². The highest BCUT2D eigenvalue weighted by Crippen LogP contribution is 2.66. The van der Waals surface area contributed by atoms with Gasteiger partial charge in [-0.2, -0.15) is 10.5 Å². The molecule has 0 aromatic rings. The van der Waals surface area contributed by atoms with Gasteiger partial charge < -0.3 is 0 Å². The van der Waals surface area contributed by atoms with Gasteiger partial charge in [0.1, 0.15) is 21.9 Å². The summed E-state index contributed by atoms with van der Waals surface area (Å²) in [5, 5.41) is 19.0. The van der Waals surface area contributed by atoms with E-state index in [1.54, 1.807) is 23.5 Å². The quantitative estimate of drug-likeness (QED) is 0.622. The number of nitriles is 2. The average molecular weight is 331 g/mol. The minimum absolute atomic E-state index is 0.536. The second-order valence-electron chi connectivity index (χ2n) is 2.85. The average Bonchev–Trinajstić information content (AvgIpc) is 3.00. The lowest BCUT2D eigenvalue weighted by molar-refractivity contribution is 1.50. The zero-order chi connectivity index (χ0) is 11.8. The summed E-state index contributed by atoms with van der Waals surface area (Å²) in [4.78, 5) is 1.07. The van der Waals surface area contributed by atoms with E-state index in [1.165, 1.54) is 36.2 Å². The van der Waals surface area contributed by atoms with Crippen LogP contribution in [0.5, 0.6) is 0 Å². The van der Waals surface area contributed by atoms with E-state index in [4.69, 9.17) is 10.5 Å². The van der Waals surface area contributed by atoms with Gasteiger partial charge in [0.2, 0.25) is 0 Å². The van der Waals surface area contributed by atoms with Crippen LogP contribution in [0.1, 0.15) is 0 Å². The van der Waals surface area contributed by atoms with Gasteiger partial charge in [-0.3, -0.25) is 0 Å². The monoisotopic (exact) mass is 330 g/mol. The number of hydrogen-bond donors (Lipinski definition) is 0. The number of thioether (sulfide) groups is 6. The van der Waals surface area contributed by atoms with Crippen LogP contribution < -0.4 is 0 Å². The van der Waals surface area contributed by atoms with Crippen molar-refractivity contribution in [2.75, 3.05) is 5.08 Å². The van der Waals surface area contributed by atoms with Gasteiger partial charge in [-0.1, -0.05) is 47.0 Å². The largest absolute Gasteiger partial charge is 0.192 e. The van der Waals surface area contributed by atoms with E-state index in [1.807, 2.05) is 23.5 Å². The highest BCUT2D eigenvalue weighted by molar-refractivity contribution is 8.46. The first-order chi connectivity index (χ1) is 8.31. The normalized spacial score (nSPS) is 23.2. The molecule has 0 fully saturated rings. The van der Waals surface area contributed by atoms with Gasteiger partial charge in [0.05, 0.1) is 16.9 Å². The van der Waals surface area contributed by atoms with E-state index >= 15 is 0 Å². The molecule has 0 aromatic heterocycles. The van der Waals surface area contributed by atoms with Crippen molar-refractivity contribution in [1.82, 2.24) is 0 Å². The fraction of sp³-hybridized carbons (Fsp3) is 0.111. The lowest BCUT2D eigenvalue weighted by atomic mass is 10.5. The van der Waals surface area contributed by atoms with E-state index < -0.39 is 0 Å². The summed E-state index contributed by atoms with van der Waals surface area (Å²) in [7, 11) is 0. The molecule has 0 aliphatic carbocycles. The van der Waals surface area contributed by atoms with E-state index in [0.29, 0.717) is 9.81 Å². The number of rotatable bonds is 0. The fourth-order valence-corrected chi connectivity index (χ4v) is 10.0. The molecule has 0 unspecified atom stereocenters. The molecule has 0 saturated heterocycles. The first-order valence-corrected chi connectivity index (χ1v) is 9.55. The van der Waals surface area contributed by atoms with Crippen LogP contribution in [-0.2, 0) is 0 Å². The Morgan fingerprint density at radius 1 is 0.706 bits per heavy atom. The molecule has 0 atom stereocenters. The molecule has 3 heterocycles. The SMILES string of the molecule is N#CC1=C(C#N)SC(=C2SC3=C(SCS3)S2)S1. The minimum Gasteiger partial charge on any atom is -0.192 e. The molecule has 0 bridgehead atoms. The summed E-state index contributed by atoms with van der Waals surface area (Å²) in [6, 6.07) is 4.18. The molecular weight excluding hydrogens is 329 g/mol. The minimum atomic E-state index is 0.536. The van der Waals surface area contributed by atoms with E-state index in [9.17, 15) is 0 Å². The third-order valence-electron chi connectivity index (χ3n) is 1.88. The van der Waals surface area contributed by atoms with Crippen molar-refractivity contribution in [3.8, 4) is 12.1 Å². The van der Waals surface area contributed by atoms with Gasteiger partial charge in [-0.25, -0.2) is 0 Å². The first kappa shape index (κ1) is 12.3. The Labute approximate surface area is 124 Å². The van der Waals surface area contributed by atoms with Crippen molar-refractivity contribution in [2.24, 2.45) is 0 Å². The molecule has 8 heteroatoms. The zero-order valence-corrected chi connectivity index (χ0v) is 13.0. The molecule has 0 saturated carbocycles. The van der Waals surface area contributed by atoms with Crippen LogP contribution in [0.2, 0.25) is 0 Å². The van der Waals surface area contributed by atoms with E-state index in [2.05, 4.69) is 12.1 Å². The summed E-state index contributed by atoms with van der Waals surface area (Å²) in [5.41, 5.74) is 0. The predicted molar refractivity (Wildman–Crippen MR) is 82.7 cm³/mol. The Morgan fingerprint density at radius 3 is 1.65 bits per heavy atom. The fourth-order valence-electron chi connectivity index (χ4n) is 1.20. The number of hydrogen-bond acceptors (Lipinski definition) is 8. The molecule has 84 valence electrons. The highest BCUT2D eigenvalue weighted by Gasteiger charge is 2.32. The topological polar surface area (TPSA) is 47.6 Å². The predicted octanol–water partition coefficient (Wildman–Crippen LogP) is 4.90. The smallest absolute Gasteiger partial charge is 0.115 e. The molecule has 0 aromatic carbocycles.